The molecule has 1 aromatic carbocycles. The highest BCUT2D eigenvalue weighted by molar-refractivity contribution is 14.0. The Labute approximate surface area is 172 Å². The molecule has 0 saturated carbocycles. The fraction of sp³-hybridized carbons (Fsp3) is 0.500. The Kier molecular flexibility index (Phi) is 10.9. The van der Waals surface area contributed by atoms with E-state index in [1.54, 1.807) is 27.0 Å². The molecule has 0 fully saturated rings. The number of halogens is 1. The maximum Gasteiger partial charge on any atom is 0.251 e. The molecule has 0 aliphatic heterocycles. The molecule has 0 radical (unpaired) electrons. The monoisotopic (exact) mass is 475 g/mol. The third kappa shape index (κ3) is 8.03. The molecule has 26 heavy (non-hydrogen) atoms. The zero-order valence-electron chi connectivity index (χ0n) is 15.9. The molecule has 0 unspecified atom stereocenters. The van der Waals surface area contributed by atoms with Crippen LogP contribution < -0.4 is 21.7 Å². The van der Waals surface area contributed by atoms with E-state index in [2.05, 4.69) is 20.9 Å². The zero-order chi connectivity index (χ0) is 18.9. The van der Waals surface area contributed by atoms with Gasteiger partial charge in [0.25, 0.3) is 5.91 Å². The van der Waals surface area contributed by atoms with E-state index in [1.807, 2.05) is 25.1 Å². The Balaban J connectivity index is 0.00000625. The maximum atomic E-state index is 11.7. The molecule has 0 spiro atoms. The number of hydrogen-bond acceptors (Lipinski definition) is 3. The van der Waals surface area contributed by atoms with Crippen LogP contribution in [0.2, 0.25) is 0 Å². The van der Waals surface area contributed by atoms with E-state index in [1.165, 1.54) is 0 Å². The number of benzene rings is 1. The van der Waals surface area contributed by atoms with Gasteiger partial charge in [0, 0.05) is 25.7 Å². The second-order valence-electron chi connectivity index (χ2n) is 6.40. The van der Waals surface area contributed by atoms with Crippen molar-refractivity contribution in [2.24, 2.45) is 16.1 Å². The van der Waals surface area contributed by atoms with Gasteiger partial charge < -0.3 is 21.7 Å². The average Bonchev–Trinajstić information content (AvgIpc) is 2.59. The molecule has 146 valence electrons. The Morgan fingerprint density at radius 2 is 1.92 bits per heavy atom. The van der Waals surface area contributed by atoms with E-state index in [0.29, 0.717) is 24.6 Å². The summed E-state index contributed by atoms with van der Waals surface area (Å²) in [5.74, 6) is 0.163. The first-order chi connectivity index (χ1) is 11.8. The second-order valence-corrected chi connectivity index (χ2v) is 6.40. The Hall–Kier alpha value is -1.84. The van der Waals surface area contributed by atoms with E-state index in [-0.39, 0.29) is 35.8 Å². The summed E-state index contributed by atoms with van der Waals surface area (Å²) in [4.78, 5) is 27.5. The van der Waals surface area contributed by atoms with Gasteiger partial charge in [-0.2, -0.15) is 0 Å². The third-order valence-electron chi connectivity index (χ3n) is 3.77. The summed E-state index contributed by atoms with van der Waals surface area (Å²) >= 11 is 0. The Bertz CT molecular complexity index is 632. The maximum absolute atomic E-state index is 11.7. The van der Waals surface area contributed by atoms with Crippen LogP contribution in [0.1, 0.15) is 36.7 Å². The molecular formula is C18H30IN5O2. The number of nitrogens with zero attached hydrogens (tertiary/aromatic N) is 1. The number of amides is 2. The topological polar surface area (TPSA) is 109 Å². The van der Waals surface area contributed by atoms with Crippen LogP contribution in [0.4, 0.5) is 0 Å². The largest absolute Gasteiger partial charge is 0.369 e. The first-order valence-corrected chi connectivity index (χ1v) is 8.43. The SMILES string of the molecule is CCNC(=NCC(C)(C)C(N)=O)NCCc1cccc(C(=O)NC)c1.I. The van der Waals surface area contributed by atoms with Crippen LogP contribution in [0, 0.1) is 5.41 Å². The van der Waals surface area contributed by atoms with E-state index in [9.17, 15) is 9.59 Å². The fourth-order valence-electron chi connectivity index (χ4n) is 2.03. The van der Waals surface area contributed by atoms with Crippen LogP contribution in [0.5, 0.6) is 0 Å². The first kappa shape index (κ1) is 24.2. The summed E-state index contributed by atoms with van der Waals surface area (Å²) in [5, 5.41) is 8.99. The number of nitrogens with one attached hydrogen (secondary N) is 3. The van der Waals surface area contributed by atoms with Gasteiger partial charge in [0.1, 0.15) is 0 Å². The fourth-order valence-corrected chi connectivity index (χ4v) is 2.03. The molecular weight excluding hydrogens is 445 g/mol. The Morgan fingerprint density at radius 3 is 2.50 bits per heavy atom. The van der Waals surface area contributed by atoms with Gasteiger partial charge in [-0.1, -0.05) is 12.1 Å². The second kappa shape index (κ2) is 11.7. The molecule has 0 aliphatic carbocycles. The predicted molar refractivity (Wildman–Crippen MR) is 116 cm³/mol. The molecule has 1 aromatic rings. The van der Waals surface area contributed by atoms with Crippen molar-refractivity contribution in [2.75, 3.05) is 26.7 Å². The van der Waals surface area contributed by atoms with Crippen LogP contribution in [0.3, 0.4) is 0 Å². The van der Waals surface area contributed by atoms with Crippen molar-refractivity contribution in [3.63, 3.8) is 0 Å². The number of aliphatic imine (C=N–C) groups is 1. The van der Waals surface area contributed by atoms with Crippen molar-refractivity contribution in [1.29, 1.82) is 0 Å². The standard InChI is InChI=1S/C18H29N5O2.HI/c1-5-21-17(23-12-18(2,3)16(19)25)22-10-9-13-7-6-8-14(11-13)15(24)20-4;/h6-8,11H,5,9-10,12H2,1-4H3,(H2,19,25)(H,20,24)(H2,21,22,23);1H. The number of carbonyl (C=O) groups excluding carboxylic acids is 2. The van der Waals surface area contributed by atoms with Crippen molar-refractivity contribution in [2.45, 2.75) is 27.2 Å². The van der Waals surface area contributed by atoms with Gasteiger partial charge in [0.2, 0.25) is 5.91 Å². The molecule has 0 saturated heterocycles. The Morgan fingerprint density at radius 1 is 1.23 bits per heavy atom. The number of primary amides is 1. The number of rotatable bonds is 8. The minimum atomic E-state index is -0.690. The molecule has 5 N–H and O–H groups in total. The molecule has 1 rings (SSSR count). The number of hydrogen-bond donors (Lipinski definition) is 4. The quantitative estimate of drug-likeness (QED) is 0.258. The number of nitrogens with two attached hydrogens (primary N) is 1. The van der Waals surface area contributed by atoms with Gasteiger partial charge >= 0.3 is 0 Å². The van der Waals surface area contributed by atoms with Crippen molar-refractivity contribution in [1.82, 2.24) is 16.0 Å². The lowest BCUT2D eigenvalue weighted by atomic mass is 9.93. The van der Waals surface area contributed by atoms with Crippen LogP contribution in [0.25, 0.3) is 0 Å². The summed E-state index contributed by atoms with van der Waals surface area (Å²) in [6.45, 7) is 7.20. The normalized spacial score (nSPS) is 11.3. The predicted octanol–water partition coefficient (Wildman–Crippen LogP) is 1.27. The lowest BCUT2D eigenvalue weighted by Crippen LogP contribution is -2.40. The molecule has 0 heterocycles. The van der Waals surface area contributed by atoms with E-state index >= 15 is 0 Å². The minimum Gasteiger partial charge on any atom is -0.369 e. The van der Waals surface area contributed by atoms with Crippen molar-refractivity contribution in [3.05, 3.63) is 35.4 Å². The van der Waals surface area contributed by atoms with Gasteiger partial charge in [0.05, 0.1) is 12.0 Å². The summed E-state index contributed by atoms with van der Waals surface area (Å²) in [6.07, 6.45) is 0.745. The van der Waals surface area contributed by atoms with E-state index in [0.717, 1.165) is 18.5 Å². The van der Waals surface area contributed by atoms with Gasteiger partial charge in [0.15, 0.2) is 5.96 Å². The number of carbonyl (C=O) groups is 2. The van der Waals surface area contributed by atoms with E-state index in [4.69, 9.17) is 5.73 Å². The highest BCUT2D eigenvalue weighted by atomic mass is 127. The lowest BCUT2D eigenvalue weighted by Gasteiger charge is -2.19. The molecule has 0 atom stereocenters. The average molecular weight is 475 g/mol. The summed E-state index contributed by atoms with van der Waals surface area (Å²) in [7, 11) is 1.61. The highest BCUT2D eigenvalue weighted by Gasteiger charge is 2.24. The molecule has 0 aliphatic rings. The van der Waals surface area contributed by atoms with Gasteiger partial charge in [-0.3, -0.25) is 14.6 Å². The van der Waals surface area contributed by atoms with Crippen molar-refractivity contribution >= 4 is 41.8 Å². The van der Waals surface area contributed by atoms with Gasteiger partial charge in [-0.05, 0) is 44.9 Å². The zero-order valence-corrected chi connectivity index (χ0v) is 18.2. The summed E-state index contributed by atoms with van der Waals surface area (Å²) in [6, 6.07) is 7.51. The minimum absolute atomic E-state index is 0. The third-order valence-corrected chi connectivity index (χ3v) is 3.77. The summed E-state index contributed by atoms with van der Waals surface area (Å²) in [5.41, 5.74) is 6.38. The van der Waals surface area contributed by atoms with Crippen LogP contribution in [-0.2, 0) is 11.2 Å². The van der Waals surface area contributed by atoms with Gasteiger partial charge in [-0.25, -0.2) is 0 Å². The van der Waals surface area contributed by atoms with Gasteiger partial charge in [-0.15, -0.1) is 24.0 Å². The van der Waals surface area contributed by atoms with Crippen LogP contribution in [0.15, 0.2) is 29.3 Å². The molecule has 0 bridgehead atoms. The molecule has 7 nitrogen and oxygen atoms in total. The number of guanidine groups is 1. The first-order valence-electron chi connectivity index (χ1n) is 8.43. The van der Waals surface area contributed by atoms with Crippen molar-refractivity contribution < 1.29 is 9.59 Å². The smallest absolute Gasteiger partial charge is 0.251 e. The summed E-state index contributed by atoms with van der Waals surface area (Å²) < 4.78 is 0. The lowest BCUT2D eigenvalue weighted by molar-refractivity contribution is -0.125. The highest BCUT2D eigenvalue weighted by Crippen LogP contribution is 2.13. The van der Waals surface area contributed by atoms with Crippen LogP contribution in [-0.4, -0.2) is 44.5 Å². The molecule has 0 aromatic heterocycles. The molecule has 8 heteroatoms. The van der Waals surface area contributed by atoms with E-state index < -0.39 is 5.41 Å². The van der Waals surface area contributed by atoms with Crippen LogP contribution >= 0.6 is 24.0 Å². The molecule has 2 amide bonds. The van der Waals surface area contributed by atoms with Crippen molar-refractivity contribution in [3.8, 4) is 0 Å².